The van der Waals surface area contributed by atoms with Gasteiger partial charge in [0, 0.05) is 40.2 Å². The second kappa shape index (κ2) is 8.36. The summed E-state index contributed by atoms with van der Waals surface area (Å²) in [5.41, 5.74) is 6.19. The van der Waals surface area contributed by atoms with Crippen LogP contribution in [0.4, 0.5) is 4.39 Å². The lowest BCUT2D eigenvalue weighted by Crippen LogP contribution is -2.27. The molecule has 2 aromatic heterocycles. The van der Waals surface area contributed by atoms with Crippen LogP contribution >= 0.6 is 0 Å². The lowest BCUT2D eigenvalue weighted by molar-refractivity contribution is 0.0697. The standard InChI is InChI=1S/C28H26FN3O3/c1-16-21-14-24-22(13-23(21)31-30-16)25(17-5-7-18(8-6-17)27(33)34)26(28(2,3)15-35-4)32(24)20-11-9-19(29)10-12-20/h5-14H,15H2,1-4H3,(H,30,31)(H,33,34). The van der Waals surface area contributed by atoms with Crippen molar-refractivity contribution in [1.29, 1.82) is 0 Å². The van der Waals surface area contributed by atoms with Crippen molar-refractivity contribution in [1.82, 2.24) is 14.8 Å². The summed E-state index contributed by atoms with van der Waals surface area (Å²) in [6, 6.07) is 17.5. The molecule has 178 valence electrons. The van der Waals surface area contributed by atoms with Gasteiger partial charge in [-0.1, -0.05) is 26.0 Å². The minimum Gasteiger partial charge on any atom is -0.478 e. The number of aromatic carboxylic acids is 1. The zero-order valence-corrected chi connectivity index (χ0v) is 20.0. The smallest absolute Gasteiger partial charge is 0.335 e. The van der Waals surface area contributed by atoms with Crippen LogP contribution < -0.4 is 0 Å². The fourth-order valence-corrected chi connectivity index (χ4v) is 4.93. The maximum absolute atomic E-state index is 13.9. The molecule has 0 saturated heterocycles. The summed E-state index contributed by atoms with van der Waals surface area (Å²) >= 11 is 0. The molecule has 0 amide bonds. The second-order valence-electron chi connectivity index (χ2n) is 9.46. The number of rotatable bonds is 6. The fraction of sp³-hybridized carbons (Fsp3) is 0.214. The predicted octanol–water partition coefficient (Wildman–Crippen LogP) is 6.24. The van der Waals surface area contributed by atoms with Crippen LogP contribution in [-0.2, 0) is 10.2 Å². The van der Waals surface area contributed by atoms with Gasteiger partial charge in [0.2, 0.25) is 0 Å². The zero-order chi connectivity index (χ0) is 24.9. The quantitative estimate of drug-likeness (QED) is 0.307. The van der Waals surface area contributed by atoms with Crippen LogP contribution in [-0.4, -0.2) is 39.6 Å². The Morgan fingerprint density at radius 2 is 1.77 bits per heavy atom. The molecule has 0 atom stereocenters. The van der Waals surface area contributed by atoms with Crippen molar-refractivity contribution < 1.29 is 19.0 Å². The topological polar surface area (TPSA) is 80.1 Å². The molecule has 0 unspecified atom stereocenters. The van der Waals surface area contributed by atoms with Gasteiger partial charge in [-0.15, -0.1) is 0 Å². The van der Waals surface area contributed by atoms with Crippen molar-refractivity contribution in [3.05, 3.63) is 83.4 Å². The highest BCUT2D eigenvalue weighted by molar-refractivity contribution is 6.06. The lowest BCUT2D eigenvalue weighted by Gasteiger charge is -2.28. The molecule has 0 saturated carbocycles. The van der Waals surface area contributed by atoms with Crippen LogP contribution in [0.1, 0.15) is 35.6 Å². The Labute approximate surface area is 202 Å². The van der Waals surface area contributed by atoms with E-state index in [9.17, 15) is 14.3 Å². The summed E-state index contributed by atoms with van der Waals surface area (Å²) in [5, 5.41) is 18.9. The normalized spacial score (nSPS) is 12.0. The highest BCUT2D eigenvalue weighted by Gasteiger charge is 2.32. The van der Waals surface area contributed by atoms with E-state index in [4.69, 9.17) is 4.74 Å². The summed E-state index contributed by atoms with van der Waals surface area (Å²) in [6.07, 6.45) is 0. The van der Waals surface area contributed by atoms with E-state index in [-0.39, 0.29) is 11.4 Å². The first kappa shape index (κ1) is 22.8. The van der Waals surface area contributed by atoms with Crippen LogP contribution in [0.15, 0.2) is 60.7 Å². The lowest BCUT2D eigenvalue weighted by atomic mass is 9.84. The number of halogens is 1. The Morgan fingerprint density at radius 1 is 1.09 bits per heavy atom. The number of nitrogens with zero attached hydrogens (tertiary/aromatic N) is 2. The van der Waals surface area contributed by atoms with Gasteiger partial charge in [-0.25, -0.2) is 9.18 Å². The van der Waals surface area contributed by atoms with Crippen molar-refractivity contribution in [2.75, 3.05) is 13.7 Å². The number of H-pyrrole nitrogens is 1. The molecule has 6 nitrogen and oxygen atoms in total. The molecule has 3 aromatic carbocycles. The predicted molar refractivity (Wildman–Crippen MR) is 135 cm³/mol. The second-order valence-corrected chi connectivity index (χ2v) is 9.46. The molecule has 5 aromatic rings. The minimum absolute atomic E-state index is 0.223. The van der Waals surface area contributed by atoms with Gasteiger partial charge in [-0.3, -0.25) is 5.10 Å². The molecular weight excluding hydrogens is 445 g/mol. The van der Waals surface area contributed by atoms with Crippen LogP contribution in [0.3, 0.4) is 0 Å². The molecule has 35 heavy (non-hydrogen) atoms. The first-order valence-corrected chi connectivity index (χ1v) is 11.3. The number of aromatic nitrogens is 3. The van der Waals surface area contributed by atoms with Gasteiger partial charge in [-0.05, 0) is 61.0 Å². The number of methoxy groups -OCH3 is 1. The number of aryl methyl sites for hydroxylation is 1. The molecular formula is C28H26FN3O3. The average molecular weight is 472 g/mol. The van der Waals surface area contributed by atoms with Gasteiger partial charge in [0.1, 0.15) is 5.82 Å². The van der Waals surface area contributed by atoms with E-state index in [0.29, 0.717) is 6.61 Å². The number of aromatic amines is 1. The van der Waals surface area contributed by atoms with Crippen molar-refractivity contribution in [2.45, 2.75) is 26.2 Å². The van der Waals surface area contributed by atoms with Gasteiger partial charge >= 0.3 is 5.97 Å². The van der Waals surface area contributed by atoms with E-state index < -0.39 is 11.4 Å². The maximum atomic E-state index is 13.9. The third kappa shape index (κ3) is 3.78. The molecule has 0 aliphatic heterocycles. The van der Waals surface area contributed by atoms with Crippen LogP contribution in [0.2, 0.25) is 0 Å². The molecule has 7 heteroatoms. The maximum Gasteiger partial charge on any atom is 0.335 e. The largest absolute Gasteiger partial charge is 0.478 e. The van der Waals surface area contributed by atoms with E-state index in [2.05, 4.69) is 40.7 Å². The Morgan fingerprint density at radius 3 is 2.40 bits per heavy atom. The van der Waals surface area contributed by atoms with Crippen molar-refractivity contribution >= 4 is 27.8 Å². The third-order valence-electron chi connectivity index (χ3n) is 6.49. The highest BCUT2D eigenvalue weighted by Crippen LogP contribution is 2.44. The number of hydrogen-bond donors (Lipinski definition) is 2. The first-order chi connectivity index (χ1) is 16.7. The molecule has 0 radical (unpaired) electrons. The van der Waals surface area contributed by atoms with Crippen LogP contribution in [0.25, 0.3) is 38.6 Å². The van der Waals surface area contributed by atoms with Gasteiger partial charge < -0.3 is 14.4 Å². The SMILES string of the molecule is COCC(C)(C)c1c(-c2ccc(C(=O)O)cc2)c2cc3[nH]nc(C)c3cc2n1-c1ccc(F)cc1. The van der Waals surface area contributed by atoms with Crippen LogP contribution in [0.5, 0.6) is 0 Å². The van der Waals surface area contributed by atoms with E-state index >= 15 is 0 Å². The number of fused-ring (bicyclic) bond motifs is 2. The van der Waals surface area contributed by atoms with Crippen molar-refractivity contribution in [3.8, 4) is 16.8 Å². The molecule has 0 aliphatic carbocycles. The molecule has 0 fully saturated rings. The molecule has 0 aliphatic rings. The number of carboxylic acids is 1. The summed E-state index contributed by atoms with van der Waals surface area (Å²) in [4.78, 5) is 11.5. The van der Waals surface area contributed by atoms with Crippen LogP contribution in [0, 0.1) is 12.7 Å². The van der Waals surface area contributed by atoms with Gasteiger partial charge in [0.15, 0.2) is 0 Å². The minimum atomic E-state index is -0.972. The van der Waals surface area contributed by atoms with Gasteiger partial charge in [0.25, 0.3) is 0 Å². The number of carboxylic acid groups (broad SMARTS) is 1. The Hall–Kier alpha value is -3.97. The summed E-state index contributed by atoms with van der Waals surface area (Å²) in [7, 11) is 1.67. The van der Waals surface area contributed by atoms with Gasteiger partial charge in [-0.2, -0.15) is 5.10 Å². The average Bonchev–Trinajstić information content (AvgIpc) is 3.36. The molecule has 2 N–H and O–H groups in total. The van der Waals surface area contributed by atoms with Crippen molar-refractivity contribution in [2.24, 2.45) is 0 Å². The Balaban J connectivity index is 1.95. The Bertz CT molecular complexity index is 1560. The Kier molecular flexibility index (Phi) is 5.44. The molecule has 0 bridgehead atoms. The number of ether oxygens (including phenoxy) is 1. The van der Waals surface area contributed by atoms with E-state index in [1.54, 1.807) is 31.4 Å². The first-order valence-electron chi connectivity index (χ1n) is 11.3. The fourth-order valence-electron chi connectivity index (χ4n) is 4.93. The third-order valence-corrected chi connectivity index (χ3v) is 6.49. The number of carbonyl (C=O) groups is 1. The van der Waals surface area contributed by atoms with E-state index in [1.165, 1.54) is 12.1 Å². The summed E-state index contributed by atoms with van der Waals surface area (Å²) in [6.45, 7) is 6.62. The van der Waals surface area contributed by atoms with Gasteiger partial charge in [0.05, 0.1) is 28.9 Å². The zero-order valence-electron chi connectivity index (χ0n) is 20.0. The van der Waals surface area contributed by atoms with E-state index in [0.717, 1.165) is 50.0 Å². The molecule has 2 heterocycles. The number of benzene rings is 3. The molecule has 5 rings (SSSR count). The number of nitrogens with one attached hydrogen (secondary N) is 1. The highest BCUT2D eigenvalue weighted by atomic mass is 19.1. The van der Waals surface area contributed by atoms with E-state index in [1.807, 2.05) is 19.1 Å². The molecule has 0 spiro atoms. The summed E-state index contributed by atoms with van der Waals surface area (Å²) < 4.78 is 21.7. The number of hydrogen-bond acceptors (Lipinski definition) is 3. The van der Waals surface area contributed by atoms with Crippen molar-refractivity contribution in [3.63, 3.8) is 0 Å². The monoisotopic (exact) mass is 471 g/mol. The summed E-state index contributed by atoms with van der Waals surface area (Å²) in [5.74, 6) is -1.28.